The topological polar surface area (TPSA) is 15.8 Å². The summed E-state index contributed by atoms with van der Waals surface area (Å²) in [5, 5.41) is 0. The largest absolute Gasteiger partial charge is 0.353 e. The maximum absolute atomic E-state index is 5.20. The summed E-state index contributed by atoms with van der Waals surface area (Å²) in [5.41, 5.74) is 0. The van der Waals surface area contributed by atoms with Gasteiger partial charge >= 0.3 is 0 Å². The Bertz CT molecular complexity index is 82.6. The van der Waals surface area contributed by atoms with Crippen molar-refractivity contribution in [2.24, 2.45) is 0 Å². The molecule has 0 amide bonds. The fourth-order valence-electron chi connectivity index (χ4n) is 0.817. The van der Waals surface area contributed by atoms with E-state index in [-0.39, 0.29) is 0 Å². The van der Waals surface area contributed by atoms with Crippen LogP contribution < -0.4 is 0 Å². The van der Waals surface area contributed by atoms with Crippen LogP contribution in [0.2, 0.25) is 0 Å². The van der Waals surface area contributed by atoms with Crippen LogP contribution in [0.25, 0.3) is 0 Å². The molecule has 1 heterocycles. The van der Waals surface area contributed by atoms with Crippen LogP contribution in [0.15, 0.2) is 0 Å². The molecule has 1 aliphatic heterocycles. The molecule has 48 valence electrons. The zero-order valence-electron chi connectivity index (χ0n) is 5.72. The monoisotopic (exact) mass is 115 g/mol. The molecule has 0 radical (unpaired) electrons. The molecule has 2 nitrogen and oxygen atoms in total. The van der Waals surface area contributed by atoms with E-state index in [9.17, 15) is 0 Å². The number of likely N-dealkylation sites (N-methyl/N-ethyl adjacent to an activating group) is 1. The first-order valence-corrected chi connectivity index (χ1v) is 3.11. The van der Waals surface area contributed by atoms with Crippen LogP contribution in [0, 0.1) is 0 Å². The molecule has 0 spiro atoms. The smallest absolute Gasteiger partial charge is 0.137 e. The van der Waals surface area contributed by atoms with E-state index in [2.05, 4.69) is 25.8 Å². The number of rotatable bonds is 2. The van der Waals surface area contributed by atoms with Crippen molar-refractivity contribution in [1.82, 2.24) is 4.90 Å². The van der Waals surface area contributed by atoms with Crippen molar-refractivity contribution in [3.63, 3.8) is 0 Å². The van der Waals surface area contributed by atoms with Gasteiger partial charge in [0.15, 0.2) is 0 Å². The van der Waals surface area contributed by atoms with E-state index in [0.29, 0.717) is 12.3 Å². The van der Waals surface area contributed by atoms with Crippen molar-refractivity contribution in [2.45, 2.75) is 26.2 Å². The maximum atomic E-state index is 5.20. The maximum Gasteiger partial charge on any atom is 0.137 e. The molecule has 1 aliphatic rings. The minimum Gasteiger partial charge on any atom is -0.353 e. The second kappa shape index (κ2) is 2.03. The first-order valence-electron chi connectivity index (χ1n) is 3.11. The highest BCUT2D eigenvalue weighted by Gasteiger charge is 2.36. The van der Waals surface area contributed by atoms with E-state index < -0.39 is 0 Å². The normalized spacial score (nSPS) is 36.0. The van der Waals surface area contributed by atoms with Crippen LogP contribution in [-0.2, 0) is 4.74 Å². The number of hydrogen-bond donors (Lipinski definition) is 0. The summed E-state index contributed by atoms with van der Waals surface area (Å²) in [4.78, 5) is 2.20. The molecular weight excluding hydrogens is 102 g/mol. The van der Waals surface area contributed by atoms with Crippen LogP contribution in [0.4, 0.5) is 0 Å². The molecule has 2 heteroatoms. The number of hydrogen-bond acceptors (Lipinski definition) is 2. The van der Waals surface area contributed by atoms with Crippen LogP contribution >= 0.6 is 0 Å². The lowest BCUT2D eigenvalue weighted by molar-refractivity contribution is 0.219. The second-order valence-electron chi connectivity index (χ2n) is 2.30. The van der Waals surface area contributed by atoms with E-state index in [1.807, 2.05) is 0 Å². The Labute approximate surface area is 50.4 Å². The van der Waals surface area contributed by atoms with E-state index in [1.165, 1.54) is 0 Å². The fraction of sp³-hybridized carbons (Fsp3) is 1.00. The van der Waals surface area contributed by atoms with Gasteiger partial charge in [0.1, 0.15) is 6.23 Å². The van der Waals surface area contributed by atoms with E-state index in [4.69, 9.17) is 4.74 Å². The van der Waals surface area contributed by atoms with E-state index >= 15 is 0 Å². The third-order valence-electron chi connectivity index (χ3n) is 1.61. The zero-order valence-corrected chi connectivity index (χ0v) is 5.72. The third-order valence-corrected chi connectivity index (χ3v) is 1.61. The SMILES string of the molecule is CCN(C)C1OC1C. The summed E-state index contributed by atoms with van der Waals surface area (Å²) in [6, 6.07) is 0. The van der Waals surface area contributed by atoms with Gasteiger partial charge in [-0.3, -0.25) is 4.90 Å². The Kier molecular flexibility index (Phi) is 1.54. The van der Waals surface area contributed by atoms with Crippen molar-refractivity contribution in [3.05, 3.63) is 0 Å². The predicted octanol–water partition coefficient (Wildman–Crippen LogP) is 0.683. The van der Waals surface area contributed by atoms with Crippen LogP contribution in [0.3, 0.4) is 0 Å². The average Bonchev–Trinajstić information content (AvgIpc) is 2.45. The van der Waals surface area contributed by atoms with Gasteiger partial charge in [0.2, 0.25) is 0 Å². The molecule has 0 aromatic rings. The Morgan fingerprint density at radius 2 is 2.12 bits per heavy atom. The highest BCUT2D eigenvalue weighted by atomic mass is 16.6. The van der Waals surface area contributed by atoms with Gasteiger partial charge in [-0.05, 0) is 20.5 Å². The highest BCUT2D eigenvalue weighted by Crippen LogP contribution is 2.22. The lowest BCUT2D eigenvalue weighted by atomic mass is 10.4. The number of ether oxygens (including phenoxy) is 1. The lowest BCUT2D eigenvalue weighted by Crippen LogP contribution is -2.22. The van der Waals surface area contributed by atoms with Crippen molar-refractivity contribution in [1.29, 1.82) is 0 Å². The van der Waals surface area contributed by atoms with Crippen molar-refractivity contribution in [2.75, 3.05) is 13.6 Å². The van der Waals surface area contributed by atoms with Gasteiger partial charge in [0.25, 0.3) is 0 Å². The van der Waals surface area contributed by atoms with Gasteiger partial charge in [-0.2, -0.15) is 0 Å². The van der Waals surface area contributed by atoms with Gasteiger partial charge in [-0.15, -0.1) is 0 Å². The van der Waals surface area contributed by atoms with Crippen molar-refractivity contribution < 1.29 is 4.74 Å². The van der Waals surface area contributed by atoms with Crippen LogP contribution in [-0.4, -0.2) is 30.8 Å². The average molecular weight is 115 g/mol. The first-order chi connectivity index (χ1) is 3.75. The summed E-state index contributed by atoms with van der Waals surface area (Å²) >= 11 is 0. The zero-order chi connectivity index (χ0) is 6.15. The van der Waals surface area contributed by atoms with Gasteiger partial charge in [-0.1, -0.05) is 6.92 Å². The van der Waals surface area contributed by atoms with Gasteiger partial charge in [0.05, 0.1) is 6.10 Å². The molecule has 0 aliphatic carbocycles. The molecule has 1 rings (SSSR count). The number of nitrogens with zero attached hydrogens (tertiary/aromatic N) is 1. The summed E-state index contributed by atoms with van der Waals surface area (Å²) < 4.78 is 5.20. The minimum atomic E-state index is 0.417. The highest BCUT2D eigenvalue weighted by molar-refractivity contribution is 4.78. The molecule has 0 aromatic heterocycles. The molecule has 1 saturated heterocycles. The van der Waals surface area contributed by atoms with Crippen LogP contribution in [0.1, 0.15) is 13.8 Å². The first kappa shape index (κ1) is 6.05. The van der Waals surface area contributed by atoms with Gasteiger partial charge < -0.3 is 4.74 Å². The van der Waals surface area contributed by atoms with Crippen molar-refractivity contribution in [3.8, 4) is 0 Å². The molecule has 1 fully saturated rings. The molecule has 0 N–H and O–H groups in total. The third kappa shape index (κ3) is 1.01. The molecule has 0 aromatic carbocycles. The number of epoxide rings is 1. The Morgan fingerprint density at radius 3 is 2.25 bits per heavy atom. The summed E-state index contributed by atoms with van der Waals surface area (Å²) in [7, 11) is 2.08. The molecule has 2 unspecified atom stereocenters. The van der Waals surface area contributed by atoms with E-state index in [0.717, 1.165) is 6.54 Å². The Hall–Kier alpha value is -0.0800. The summed E-state index contributed by atoms with van der Waals surface area (Å²) in [5.74, 6) is 0. The Balaban J connectivity index is 2.18. The predicted molar refractivity (Wildman–Crippen MR) is 32.6 cm³/mol. The molecule has 2 atom stereocenters. The van der Waals surface area contributed by atoms with Crippen LogP contribution in [0.5, 0.6) is 0 Å². The second-order valence-corrected chi connectivity index (χ2v) is 2.30. The van der Waals surface area contributed by atoms with Crippen molar-refractivity contribution >= 4 is 0 Å². The van der Waals surface area contributed by atoms with Gasteiger partial charge in [0, 0.05) is 0 Å². The fourth-order valence-corrected chi connectivity index (χ4v) is 0.817. The van der Waals surface area contributed by atoms with Gasteiger partial charge in [-0.25, -0.2) is 0 Å². The minimum absolute atomic E-state index is 0.417. The molecule has 0 bridgehead atoms. The standard InChI is InChI=1S/C6H13NO/c1-4-7(3)6-5(2)8-6/h5-6H,4H2,1-3H3. The summed E-state index contributed by atoms with van der Waals surface area (Å²) in [6.07, 6.45) is 0.889. The lowest BCUT2D eigenvalue weighted by Gasteiger charge is -2.08. The Morgan fingerprint density at radius 1 is 1.62 bits per heavy atom. The van der Waals surface area contributed by atoms with E-state index in [1.54, 1.807) is 0 Å². The molecule has 8 heavy (non-hydrogen) atoms. The molecular formula is C6H13NO. The quantitative estimate of drug-likeness (QED) is 0.492. The summed E-state index contributed by atoms with van der Waals surface area (Å²) in [6.45, 7) is 5.31. The molecule has 0 saturated carbocycles.